The molecule has 0 spiro atoms. The molecule has 0 amide bonds. The van der Waals surface area contributed by atoms with Gasteiger partial charge in [0.25, 0.3) is 5.56 Å². The summed E-state index contributed by atoms with van der Waals surface area (Å²) in [7, 11) is 1.45. The second-order valence-electron chi connectivity index (χ2n) is 9.16. The number of piperazine rings is 1. The fraction of sp³-hybridized carbons (Fsp3) is 0.308. The first-order valence-electron chi connectivity index (χ1n) is 12.3. The topological polar surface area (TPSA) is 103 Å². The van der Waals surface area contributed by atoms with Gasteiger partial charge in [-0.25, -0.2) is 9.59 Å². The van der Waals surface area contributed by atoms with Crippen molar-refractivity contribution in [3.63, 3.8) is 0 Å². The highest BCUT2D eigenvalue weighted by Gasteiger charge is 2.44. The Balaban J connectivity index is 1.71. The van der Waals surface area contributed by atoms with Crippen LogP contribution in [0.1, 0.15) is 5.56 Å². The number of aromatic nitrogens is 4. The van der Waals surface area contributed by atoms with Crippen LogP contribution in [-0.2, 0) is 29.5 Å². The van der Waals surface area contributed by atoms with Crippen molar-refractivity contribution in [2.75, 3.05) is 24.5 Å². The second kappa shape index (κ2) is 10.8. The molecule has 0 radical (unpaired) electrons. The Morgan fingerprint density at radius 3 is 2.52 bits per heavy atom. The summed E-state index contributed by atoms with van der Waals surface area (Å²) in [6, 6.07) is 15.9. The molecule has 10 nitrogen and oxygen atoms in total. The molecule has 1 unspecified atom stereocenters. The molecule has 1 fully saturated rings. The van der Waals surface area contributed by atoms with Gasteiger partial charge in [0, 0.05) is 26.7 Å². The maximum absolute atomic E-state index is 13.9. The molecule has 4 aromatic rings. The van der Waals surface area contributed by atoms with E-state index in [0.29, 0.717) is 18.7 Å². The number of hydrogen-bond donors (Lipinski definition) is 1. The van der Waals surface area contributed by atoms with Crippen molar-refractivity contribution in [3.8, 4) is 5.69 Å². The average Bonchev–Trinajstić information content (AvgIpc) is 3.33. The zero-order valence-corrected chi connectivity index (χ0v) is 21.9. The Kier molecular flexibility index (Phi) is 7.43. The number of rotatable bonds is 6. The zero-order chi connectivity index (χ0) is 28.6. The first-order valence-corrected chi connectivity index (χ1v) is 12.7. The van der Waals surface area contributed by atoms with Gasteiger partial charge in [0.05, 0.1) is 17.3 Å². The molecule has 2 aromatic carbocycles. The number of aryl methyl sites for hydroxylation is 2. The molecule has 40 heavy (non-hydrogen) atoms. The third-order valence-electron chi connectivity index (χ3n) is 6.61. The van der Waals surface area contributed by atoms with Gasteiger partial charge in [-0.15, -0.1) is 0 Å². The van der Waals surface area contributed by atoms with Crippen molar-refractivity contribution >= 4 is 34.7 Å². The van der Waals surface area contributed by atoms with Crippen molar-refractivity contribution < 1.29 is 22.7 Å². The maximum atomic E-state index is 13.9. The number of carbonyl (C=O) groups is 1. The minimum Gasteiger partial charge on any atom is -0.433 e. The third kappa shape index (κ3) is 5.09. The molecule has 2 aromatic heterocycles. The van der Waals surface area contributed by atoms with Crippen molar-refractivity contribution in [1.29, 1.82) is 0 Å². The summed E-state index contributed by atoms with van der Waals surface area (Å²) >= 11 is 6.52. The predicted molar refractivity (Wildman–Crippen MR) is 142 cm³/mol. The van der Waals surface area contributed by atoms with Crippen LogP contribution < -0.4 is 21.5 Å². The predicted octanol–water partition coefficient (Wildman–Crippen LogP) is 2.62. The van der Waals surface area contributed by atoms with E-state index >= 15 is 0 Å². The Labute approximate surface area is 230 Å². The molecule has 210 valence electrons. The van der Waals surface area contributed by atoms with Crippen molar-refractivity contribution in [2.45, 2.75) is 25.4 Å². The van der Waals surface area contributed by atoms with E-state index in [1.807, 2.05) is 30.3 Å². The summed E-state index contributed by atoms with van der Waals surface area (Å²) in [5.74, 6) is -2.36. The van der Waals surface area contributed by atoms with E-state index in [4.69, 9.17) is 16.3 Å². The van der Waals surface area contributed by atoms with E-state index in [9.17, 15) is 27.6 Å². The Morgan fingerprint density at radius 1 is 1.12 bits per heavy atom. The van der Waals surface area contributed by atoms with Gasteiger partial charge in [0.15, 0.2) is 17.4 Å². The molecular weight excluding hydrogens is 553 g/mol. The maximum Gasteiger partial charge on any atom is 0.491 e. The number of fused-ring (bicyclic) bond motifs is 1. The largest absolute Gasteiger partial charge is 0.491 e. The summed E-state index contributed by atoms with van der Waals surface area (Å²) < 4.78 is 47.7. The van der Waals surface area contributed by atoms with E-state index in [0.717, 1.165) is 10.1 Å². The van der Waals surface area contributed by atoms with Gasteiger partial charge in [0.1, 0.15) is 0 Å². The molecule has 5 rings (SSSR count). The van der Waals surface area contributed by atoms with Crippen LogP contribution in [0.25, 0.3) is 16.9 Å². The van der Waals surface area contributed by atoms with Crippen LogP contribution in [0.2, 0.25) is 5.02 Å². The highest BCUT2D eigenvalue weighted by Crippen LogP contribution is 2.31. The van der Waals surface area contributed by atoms with E-state index in [1.165, 1.54) is 21.1 Å². The van der Waals surface area contributed by atoms with Gasteiger partial charge in [-0.2, -0.15) is 18.2 Å². The van der Waals surface area contributed by atoms with E-state index in [2.05, 4.69) is 10.3 Å². The lowest BCUT2D eigenvalue weighted by Gasteiger charge is -2.36. The fourth-order valence-electron chi connectivity index (χ4n) is 4.65. The molecule has 0 saturated carbocycles. The normalized spacial score (nSPS) is 15.9. The molecule has 1 saturated heterocycles. The summed E-state index contributed by atoms with van der Waals surface area (Å²) in [4.78, 5) is 44.8. The Bertz CT molecular complexity index is 1680. The first kappa shape index (κ1) is 27.5. The number of imidazole rings is 1. The number of anilines is 1. The van der Waals surface area contributed by atoms with Crippen LogP contribution in [0, 0.1) is 0 Å². The van der Waals surface area contributed by atoms with Gasteiger partial charge in [-0.3, -0.25) is 18.5 Å². The molecule has 1 aliphatic rings. The molecular formula is C26H24ClF3N6O4. The molecule has 14 heteroatoms. The standard InChI is InChI=1S/C26H24ClF3N6O4/c1-33-21-20(22(37)35(25(33)39)13-11-16-7-3-2-4-8-16)36(18-10-6-5-9-17(18)27)24(32-21)34-14-12-31-15-19(34)40-23(38)26(28,29)30/h2-10,19,31H,11-15H2,1H3. The molecule has 1 atom stereocenters. The van der Waals surface area contributed by atoms with Gasteiger partial charge >= 0.3 is 17.8 Å². The summed E-state index contributed by atoms with van der Waals surface area (Å²) in [6.45, 7) is 0.355. The number of benzene rings is 2. The highest BCUT2D eigenvalue weighted by atomic mass is 35.5. The number of halogens is 4. The minimum atomic E-state index is -5.21. The molecule has 3 heterocycles. The second-order valence-corrected chi connectivity index (χ2v) is 9.57. The lowest BCUT2D eigenvalue weighted by molar-refractivity contribution is -0.205. The lowest BCUT2D eigenvalue weighted by atomic mass is 10.1. The summed E-state index contributed by atoms with van der Waals surface area (Å²) in [5, 5.41) is 3.13. The lowest BCUT2D eigenvalue weighted by Crippen LogP contribution is -2.55. The van der Waals surface area contributed by atoms with Crippen LogP contribution >= 0.6 is 11.6 Å². The summed E-state index contributed by atoms with van der Waals surface area (Å²) in [5.41, 5.74) is -0.0210. The average molecular weight is 577 g/mol. The molecule has 1 aliphatic heterocycles. The highest BCUT2D eigenvalue weighted by molar-refractivity contribution is 6.32. The van der Waals surface area contributed by atoms with Crippen LogP contribution in [0.15, 0.2) is 64.2 Å². The van der Waals surface area contributed by atoms with E-state index in [-0.39, 0.29) is 41.8 Å². The number of esters is 1. The van der Waals surface area contributed by atoms with E-state index in [1.54, 1.807) is 24.3 Å². The quantitative estimate of drug-likeness (QED) is 0.352. The Morgan fingerprint density at radius 2 is 1.82 bits per heavy atom. The smallest absolute Gasteiger partial charge is 0.433 e. The number of carbonyl (C=O) groups excluding carboxylic acids is 1. The number of nitrogens with zero attached hydrogens (tertiary/aromatic N) is 5. The van der Waals surface area contributed by atoms with Gasteiger partial charge in [-0.05, 0) is 24.1 Å². The molecule has 0 aliphatic carbocycles. The van der Waals surface area contributed by atoms with Gasteiger partial charge in [-0.1, -0.05) is 54.1 Å². The SMILES string of the molecule is Cn1c(=O)n(CCc2ccccc2)c(=O)c2c1nc(N1CCNCC1OC(=O)C(F)(F)F)n2-c1ccccc1Cl. The number of ether oxygens (including phenoxy) is 1. The molecule has 0 bridgehead atoms. The van der Waals surface area contributed by atoms with Crippen LogP contribution in [0.5, 0.6) is 0 Å². The van der Waals surface area contributed by atoms with Crippen molar-refractivity contribution in [1.82, 2.24) is 24.0 Å². The number of para-hydroxylation sites is 1. The fourth-order valence-corrected chi connectivity index (χ4v) is 4.87. The van der Waals surface area contributed by atoms with Crippen LogP contribution in [0.4, 0.5) is 19.1 Å². The van der Waals surface area contributed by atoms with Gasteiger partial charge in [0.2, 0.25) is 5.95 Å². The number of alkyl halides is 3. The van der Waals surface area contributed by atoms with Crippen molar-refractivity contribution in [2.24, 2.45) is 7.05 Å². The monoisotopic (exact) mass is 576 g/mol. The minimum absolute atomic E-state index is 0.000288. The molecule has 1 N–H and O–H groups in total. The number of nitrogens with one attached hydrogen (secondary N) is 1. The van der Waals surface area contributed by atoms with E-state index < -0.39 is 29.6 Å². The summed E-state index contributed by atoms with van der Waals surface area (Å²) in [6.07, 6.45) is -6.21. The third-order valence-corrected chi connectivity index (χ3v) is 6.93. The van der Waals surface area contributed by atoms with Crippen LogP contribution in [0.3, 0.4) is 0 Å². The first-order chi connectivity index (χ1) is 19.1. The number of hydrogen-bond acceptors (Lipinski definition) is 7. The van der Waals surface area contributed by atoms with Crippen LogP contribution in [-0.4, -0.2) is 56.7 Å². The Hall–Kier alpha value is -4.10. The van der Waals surface area contributed by atoms with Crippen molar-refractivity contribution in [3.05, 3.63) is 86.0 Å². The van der Waals surface area contributed by atoms with Gasteiger partial charge < -0.3 is 15.0 Å². The zero-order valence-electron chi connectivity index (χ0n) is 21.2.